The van der Waals surface area contributed by atoms with E-state index in [4.69, 9.17) is 5.73 Å². The Morgan fingerprint density at radius 1 is 1.47 bits per heavy atom. The molecule has 0 unspecified atom stereocenters. The second-order valence-corrected chi connectivity index (χ2v) is 4.67. The van der Waals surface area contributed by atoms with Gasteiger partial charge < -0.3 is 16.0 Å². The summed E-state index contributed by atoms with van der Waals surface area (Å²) in [6, 6.07) is 5.00. The smallest absolute Gasteiger partial charge is 0.254 e. The molecule has 0 aliphatic carbocycles. The van der Waals surface area contributed by atoms with Crippen molar-refractivity contribution in [3.8, 4) is 0 Å². The first-order valence-electron chi connectivity index (χ1n) is 5.19. The quantitative estimate of drug-likeness (QED) is 0.746. The Bertz CT molecular complexity index is 476. The molecule has 5 nitrogen and oxygen atoms in total. The normalized spacial score (nSPS) is 15.6. The number of nitrogens with zero attached hydrogens (tertiary/aromatic N) is 1. The van der Waals surface area contributed by atoms with Crippen LogP contribution in [0.4, 0.5) is 5.69 Å². The first-order valence-corrected chi connectivity index (χ1v) is 5.98. The lowest BCUT2D eigenvalue weighted by Gasteiger charge is -2.26. The van der Waals surface area contributed by atoms with E-state index < -0.39 is 0 Å². The van der Waals surface area contributed by atoms with Gasteiger partial charge in [-0.2, -0.15) is 0 Å². The molecule has 0 spiro atoms. The van der Waals surface area contributed by atoms with E-state index in [0.717, 1.165) is 0 Å². The lowest BCUT2D eigenvalue weighted by molar-refractivity contribution is -0.123. The van der Waals surface area contributed by atoms with Crippen molar-refractivity contribution in [2.24, 2.45) is 0 Å². The Labute approximate surface area is 107 Å². The molecule has 0 bridgehead atoms. The Kier molecular flexibility index (Phi) is 3.33. The number of benzene rings is 1. The number of hydrogen-bond acceptors (Lipinski definition) is 3. The summed E-state index contributed by atoms with van der Waals surface area (Å²) in [5, 5.41) is 2.68. The van der Waals surface area contributed by atoms with Gasteiger partial charge in [-0.25, -0.2) is 0 Å². The van der Waals surface area contributed by atoms with Gasteiger partial charge in [0.1, 0.15) is 0 Å². The minimum absolute atomic E-state index is 0.112. The van der Waals surface area contributed by atoms with Crippen molar-refractivity contribution in [1.82, 2.24) is 10.2 Å². The summed E-state index contributed by atoms with van der Waals surface area (Å²) in [7, 11) is 0. The minimum atomic E-state index is -0.152. The number of nitrogen functional groups attached to an aromatic ring is 1. The van der Waals surface area contributed by atoms with Crippen molar-refractivity contribution in [3.05, 3.63) is 28.2 Å². The fourth-order valence-electron chi connectivity index (χ4n) is 1.65. The number of carbonyl (C=O) groups excluding carboxylic acids is 2. The van der Waals surface area contributed by atoms with E-state index in [1.165, 1.54) is 4.90 Å². The zero-order valence-electron chi connectivity index (χ0n) is 9.07. The standard InChI is InChI=1S/C11H12BrN3O2/c12-8-5-7(1-2-9(8)13)11(17)15-4-3-14-10(16)6-15/h1-2,5H,3-4,6,13H2,(H,14,16). The number of nitrogens with two attached hydrogens (primary N) is 1. The SMILES string of the molecule is Nc1ccc(C(=O)N2CCNC(=O)C2)cc1Br. The van der Waals surface area contributed by atoms with Gasteiger partial charge in [0.2, 0.25) is 5.91 Å². The molecule has 6 heteroatoms. The van der Waals surface area contributed by atoms with Gasteiger partial charge in [0.05, 0.1) is 6.54 Å². The molecule has 0 atom stereocenters. The maximum Gasteiger partial charge on any atom is 0.254 e. The molecule has 1 aromatic rings. The largest absolute Gasteiger partial charge is 0.398 e. The molecule has 17 heavy (non-hydrogen) atoms. The van der Waals surface area contributed by atoms with Gasteiger partial charge in [-0.05, 0) is 34.1 Å². The number of anilines is 1. The molecular formula is C11H12BrN3O2. The van der Waals surface area contributed by atoms with E-state index in [-0.39, 0.29) is 18.4 Å². The zero-order chi connectivity index (χ0) is 12.4. The highest BCUT2D eigenvalue weighted by molar-refractivity contribution is 9.10. The molecule has 1 aromatic carbocycles. The fraction of sp³-hybridized carbons (Fsp3) is 0.273. The highest BCUT2D eigenvalue weighted by atomic mass is 79.9. The van der Waals surface area contributed by atoms with Crippen LogP contribution >= 0.6 is 15.9 Å². The zero-order valence-corrected chi connectivity index (χ0v) is 10.7. The van der Waals surface area contributed by atoms with Crippen LogP contribution in [-0.4, -0.2) is 36.3 Å². The summed E-state index contributed by atoms with van der Waals surface area (Å²) in [4.78, 5) is 24.8. The van der Waals surface area contributed by atoms with Crippen LogP contribution in [0, 0.1) is 0 Å². The summed E-state index contributed by atoms with van der Waals surface area (Å²) < 4.78 is 0.685. The monoisotopic (exact) mass is 297 g/mol. The number of hydrogen-bond donors (Lipinski definition) is 2. The van der Waals surface area contributed by atoms with Gasteiger partial charge >= 0.3 is 0 Å². The molecule has 2 rings (SSSR count). The topological polar surface area (TPSA) is 75.4 Å². The van der Waals surface area contributed by atoms with Crippen LogP contribution in [0.15, 0.2) is 22.7 Å². The summed E-state index contributed by atoms with van der Waals surface area (Å²) in [5.74, 6) is -0.278. The van der Waals surface area contributed by atoms with Crippen molar-refractivity contribution in [1.29, 1.82) is 0 Å². The van der Waals surface area contributed by atoms with Crippen LogP contribution in [0.25, 0.3) is 0 Å². The minimum Gasteiger partial charge on any atom is -0.398 e. The second-order valence-electron chi connectivity index (χ2n) is 3.81. The number of amides is 2. The van der Waals surface area contributed by atoms with Gasteiger partial charge in [0.15, 0.2) is 0 Å². The molecule has 1 aliphatic rings. The molecule has 1 fully saturated rings. The predicted molar refractivity (Wildman–Crippen MR) is 67.5 cm³/mol. The Hall–Kier alpha value is -1.56. The Balaban J connectivity index is 2.18. The van der Waals surface area contributed by atoms with Crippen molar-refractivity contribution >= 4 is 33.4 Å². The molecule has 0 radical (unpaired) electrons. The maximum absolute atomic E-state index is 12.1. The molecule has 3 N–H and O–H groups in total. The number of carbonyl (C=O) groups is 2. The van der Waals surface area contributed by atoms with Gasteiger partial charge in [0, 0.05) is 28.8 Å². The molecule has 1 saturated heterocycles. The van der Waals surface area contributed by atoms with E-state index in [1.54, 1.807) is 18.2 Å². The third kappa shape index (κ3) is 2.58. The summed E-state index contributed by atoms with van der Waals surface area (Å²) >= 11 is 3.28. The van der Waals surface area contributed by atoms with Crippen molar-refractivity contribution in [3.63, 3.8) is 0 Å². The van der Waals surface area contributed by atoms with Crippen LogP contribution in [0.1, 0.15) is 10.4 Å². The summed E-state index contributed by atoms with van der Waals surface area (Å²) in [6.45, 7) is 1.15. The van der Waals surface area contributed by atoms with Crippen LogP contribution in [0.3, 0.4) is 0 Å². The third-order valence-corrected chi connectivity index (χ3v) is 3.26. The Morgan fingerprint density at radius 2 is 2.24 bits per heavy atom. The fourth-order valence-corrected chi connectivity index (χ4v) is 2.03. The van der Waals surface area contributed by atoms with E-state index in [1.807, 2.05) is 0 Å². The van der Waals surface area contributed by atoms with Crippen LogP contribution in [0.2, 0.25) is 0 Å². The lowest BCUT2D eigenvalue weighted by atomic mass is 10.1. The van der Waals surface area contributed by atoms with E-state index in [2.05, 4.69) is 21.2 Å². The van der Waals surface area contributed by atoms with Gasteiger partial charge in [0.25, 0.3) is 5.91 Å². The van der Waals surface area contributed by atoms with Crippen LogP contribution < -0.4 is 11.1 Å². The van der Waals surface area contributed by atoms with E-state index in [9.17, 15) is 9.59 Å². The average molecular weight is 298 g/mol. The second kappa shape index (κ2) is 4.75. The van der Waals surface area contributed by atoms with Gasteiger partial charge in [-0.1, -0.05) is 0 Å². The summed E-state index contributed by atoms with van der Waals surface area (Å²) in [5.41, 5.74) is 6.76. The highest BCUT2D eigenvalue weighted by Crippen LogP contribution is 2.21. The van der Waals surface area contributed by atoms with Crippen LogP contribution in [-0.2, 0) is 4.79 Å². The number of piperazine rings is 1. The number of nitrogens with one attached hydrogen (secondary N) is 1. The molecule has 1 aliphatic heterocycles. The molecular weight excluding hydrogens is 286 g/mol. The van der Waals surface area contributed by atoms with Gasteiger partial charge in [-0.3, -0.25) is 9.59 Å². The van der Waals surface area contributed by atoms with Crippen molar-refractivity contribution in [2.45, 2.75) is 0 Å². The lowest BCUT2D eigenvalue weighted by Crippen LogP contribution is -2.49. The molecule has 2 amide bonds. The molecule has 0 aromatic heterocycles. The van der Waals surface area contributed by atoms with E-state index in [0.29, 0.717) is 28.8 Å². The number of halogens is 1. The third-order valence-electron chi connectivity index (χ3n) is 2.57. The highest BCUT2D eigenvalue weighted by Gasteiger charge is 2.22. The first-order chi connectivity index (χ1) is 8.08. The Morgan fingerprint density at radius 3 is 2.88 bits per heavy atom. The van der Waals surface area contributed by atoms with Crippen molar-refractivity contribution in [2.75, 3.05) is 25.4 Å². The molecule has 1 heterocycles. The van der Waals surface area contributed by atoms with Gasteiger partial charge in [-0.15, -0.1) is 0 Å². The maximum atomic E-state index is 12.1. The van der Waals surface area contributed by atoms with E-state index >= 15 is 0 Å². The first kappa shape index (κ1) is 11.9. The predicted octanol–water partition coefficient (Wildman–Crippen LogP) is 0.603. The van der Waals surface area contributed by atoms with Crippen molar-refractivity contribution < 1.29 is 9.59 Å². The molecule has 90 valence electrons. The number of rotatable bonds is 1. The molecule has 0 saturated carbocycles. The van der Waals surface area contributed by atoms with Crippen LogP contribution in [0.5, 0.6) is 0 Å². The average Bonchev–Trinajstić information content (AvgIpc) is 2.32. The summed E-state index contributed by atoms with van der Waals surface area (Å²) in [6.07, 6.45) is 0.